The second-order valence-corrected chi connectivity index (χ2v) is 3.78. The highest BCUT2D eigenvalue weighted by Crippen LogP contribution is 2.36. The molecular weight excluding hydrogens is 172 g/mol. The Balaban J connectivity index is 2.41. The Morgan fingerprint density at radius 2 is 2.36 bits per heavy atom. The minimum atomic E-state index is -2.74. The average Bonchev–Trinajstić information content (AvgIpc) is 2.37. The van der Waals surface area contributed by atoms with Crippen LogP contribution < -0.4 is 5.90 Å². The first kappa shape index (κ1) is 9.22. The van der Waals surface area contributed by atoms with E-state index in [0.29, 0.717) is 12.2 Å². The summed E-state index contributed by atoms with van der Waals surface area (Å²) in [7, 11) is 0. The largest absolute Gasteiger partial charge is 0.298 e. The smallest absolute Gasteiger partial charge is 0.276 e. The van der Waals surface area contributed by atoms with E-state index in [-0.39, 0.29) is 0 Å². The number of thioether (sulfide) groups is 1. The van der Waals surface area contributed by atoms with E-state index >= 15 is 0 Å². The van der Waals surface area contributed by atoms with Gasteiger partial charge in [0.1, 0.15) is 6.61 Å². The van der Waals surface area contributed by atoms with Gasteiger partial charge in [0.05, 0.1) is 0 Å². The lowest BCUT2D eigenvalue weighted by Gasteiger charge is -2.20. The Kier molecular flexibility index (Phi) is 3.09. The van der Waals surface area contributed by atoms with Crippen LogP contribution in [-0.2, 0) is 4.84 Å². The Bertz CT molecular complexity index is 128. The molecule has 0 aromatic carbocycles. The van der Waals surface area contributed by atoms with Gasteiger partial charge in [-0.1, -0.05) is 0 Å². The van der Waals surface area contributed by atoms with Crippen molar-refractivity contribution in [2.45, 2.75) is 12.3 Å². The standard InChI is InChI=1S/C6H11F2NOS/c7-6(8,4-10-9)5-1-2-11-3-5/h5H,1-4,9H2. The third-order valence-corrected chi connectivity index (χ3v) is 2.97. The van der Waals surface area contributed by atoms with Crippen LogP contribution in [0.25, 0.3) is 0 Å². The van der Waals surface area contributed by atoms with Crippen molar-refractivity contribution in [3.8, 4) is 0 Å². The summed E-state index contributed by atoms with van der Waals surface area (Å²) in [6, 6.07) is 0. The van der Waals surface area contributed by atoms with E-state index in [9.17, 15) is 8.78 Å². The van der Waals surface area contributed by atoms with Crippen molar-refractivity contribution < 1.29 is 13.6 Å². The fraction of sp³-hybridized carbons (Fsp3) is 1.00. The zero-order valence-corrected chi connectivity index (χ0v) is 6.87. The van der Waals surface area contributed by atoms with Crippen LogP contribution in [0, 0.1) is 5.92 Å². The van der Waals surface area contributed by atoms with Gasteiger partial charge in [-0.15, -0.1) is 0 Å². The molecule has 1 aliphatic rings. The number of alkyl halides is 2. The van der Waals surface area contributed by atoms with Gasteiger partial charge in [-0.2, -0.15) is 11.8 Å². The first-order valence-corrected chi connectivity index (χ1v) is 4.59. The summed E-state index contributed by atoms with van der Waals surface area (Å²) in [5.41, 5.74) is 0. The maximum Gasteiger partial charge on any atom is 0.276 e. The number of nitrogens with two attached hydrogens (primary N) is 1. The fourth-order valence-electron chi connectivity index (χ4n) is 1.10. The molecule has 0 aromatic heterocycles. The molecule has 11 heavy (non-hydrogen) atoms. The van der Waals surface area contributed by atoms with E-state index in [1.165, 1.54) is 0 Å². The topological polar surface area (TPSA) is 35.2 Å². The summed E-state index contributed by atoms with van der Waals surface area (Å²) in [4.78, 5) is 3.96. The molecule has 66 valence electrons. The summed E-state index contributed by atoms with van der Waals surface area (Å²) in [6.45, 7) is -0.655. The maximum atomic E-state index is 12.9. The molecule has 0 aromatic rings. The van der Waals surface area contributed by atoms with E-state index in [1.807, 2.05) is 0 Å². The summed E-state index contributed by atoms with van der Waals surface area (Å²) >= 11 is 1.56. The molecule has 1 unspecified atom stereocenters. The SMILES string of the molecule is NOCC(F)(F)C1CCSC1. The van der Waals surface area contributed by atoms with Gasteiger partial charge in [-0.05, 0) is 12.2 Å². The van der Waals surface area contributed by atoms with Crippen molar-refractivity contribution in [2.24, 2.45) is 11.8 Å². The van der Waals surface area contributed by atoms with Gasteiger partial charge in [0.2, 0.25) is 0 Å². The predicted octanol–water partition coefficient (Wildman–Crippen LogP) is 1.27. The van der Waals surface area contributed by atoms with Crippen molar-refractivity contribution in [3.05, 3.63) is 0 Å². The van der Waals surface area contributed by atoms with Gasteiger partial charge in [-0.3, -0.25) is 4.84 Å². The van der Waals surface area contributed by atoms with Crippen molar-refractivity contribution in [2.75, 3.05) is 18.1 Å². The van der Waals surface area contributed by atoms with Gasteiger partial charge >= 0.3 is 0 Å². The normalized spacial score (nSPS) is 25.9. The second-order valence-electron chi connectivity index (χ2n) is 2.63. The van der Waals surface area contributed by atoms with Crippen LogP contribution in [0.3, 0.4) is 0 Å². The minimum Gasteiger partial charge on any atom is -0.298 e. The molecule has 0 aliphatic carbocycles. The lowest BCUT2D eigenvalue weighted by Crippen LogP contribution is -2.34. The molecule has 5 heteroatoms. The number of rotatable bonds is 3. The quantitative estimate of drug-likeness (QED) is 0.669. The molecule has 0 amide bonds. The number of halogens is 2. The molecule has 2 nitrogen and oxygen atoms in total. The first-order chi connectivity index (χ1) is 5.17. The van der Waals surface area contributed by atoms with E-state index in [2.05, 4.69) is 10.7 Å². The highest BCUT2D eigenvalue weighted by atomic mass is 32.2. The molecule has 0 saturated carbocycles. The molecule has 0 bridgehead atoms. The van der Waals surface area contributed by atoms with Crippen molar-refractivity contribution >= 4 is 11.8 Å². The summed E-state index contributed by atoms with van der Waals surface area (Å²) < 4.78 is 25.8. The van der Waals surface area contributed by atoms with E-state index < -0.39 is 18.4 Å². The molecular formula is C6H11F2NOS. The lowest BCUT2D eigenvalue weighted by atomic mass is 10.0. The van der Waals surface area contributed by atoms with Crippen LogP contribution in [0.15, 0.2) is 0 Å². The van der Waals surface area contributed by atoms with Crippen molar-refractivity contribution in [1.82, 2.24) is 0 Å². The third-order valence-electron chi connectivity index (χ3n) is 1.80. The summed E-state index contributed by atoms with van der Waals surface area (Å²) in [5, 5.41) is 0. The second kappa shape index (κ2) is 3.69. The molecule has 1 rings (SSSR count). The van der Waals surface area contributed by atoms with Gasteiger partial charge in [0.15, 0.2) is 0 Å². The van der Waals surface area contributed by atoms with E-state index in [0.717, 1.165) is 5.75 Å². The van der Waals surface area contributed by atoms with Gasteiger partial charge < -0.3 is 0 Å². The van der Waals surface area contributed by atoms with Gasteiger partial charge in [0, 0.05) is 11.7 Å². The van der Waals surface area contributed by atoms with Crippen LogP contribution in [0.2, 0.25) is 0 Å². The highest BCUT2D eigenvalue weighted by Gasteiger charge is 2.41. The molecule has 1 fully saturated rings. The average molecular weight is 183 g/mol. The third kappa shape index (κ3) is 2.28. The zero-order valence-electron chi connectivity index (χ0n) is 6.06. The van der Waals surface area contributed by atoms with Crippen molar-refractivity contribution in [1.29, 1.82) is 0 Å². The number of hydrogen-bond donors (Lipinski definition) is 1. The minimum absolute atomic E-state index is 0.524. The molecule has 1 aliphatic heterocycles. The van der Waals surface area contributed by atoms with Crippen LogP contribution in [0.4, 0.5) is 8.78 Å². The first-order valence-electron chi connectivity index (χ1n) is 3.44. The zero-order chi connectivity index (χ0) is 8.32. The molecule has 1 atom stereocenters. The molecule has 1 saturated heterocycles. The lowest BCUT2D eigenvalue weighted by molar-refractivity contribution is -0.111. The molecule has 2 N–H and O–H groups in total. The van der Waals surface area contributed by atoms with Crippen LogP contribution >= 0.6 is 11.8 Å². The Labute approximate surface area is 68.4 Å². The van der Waals surface area contributed by atoms with Crippen LogP contribution in [0.5, 0.6) is 0 Å². The highest BCUT2D eigenvalue weighted by molar-refractivity contribution is 7.99. The maximum absolute atomic E-state index is 12.9. The molecule has 0 spiro atoms. The molecule has 0 radical (unpaired) electrons. The van der Waals surface area contributed by atoms with E-state index in [1.54, 1.807) is 11.8 Å². The van der Waals surface area contributed by atoms with Crippen LogP contribution in [0.1, 0.15) is 6.42 Å². The van der Waals surface area contributed by atoms with E-state index in [4.69, 9.17) is 0 Å². The fourth-order valence-corrected chi connectivity index (χ4v) is 2.41. The van der Waals surface area contributed by atoms with Gasteiger partial charge in [0.25, 0.3) is 5.92 Å². The van der Waals surface area contributed by atoms with Gasteiger partial charge in [-0.25, -0.2) is 14.7 Å². The number of hydrogen-bond acceptors (Lipinski definition) is 3. The van der Waals surface area contributed by atoms with Crippen molar-refractivity contribution in [3.63, 3.8) is 0 Å². The summed E-state index contributed by atoms with van der Waals surface area (Å²) in [6.07, 6.45) is 0.570. The van der Waals surface area contributed by atoms with Crippen LogP contribution in [-0.4, -0.2) is 24.0 Å². The monoisotopic (exact) mass is 183 g/mol. The molecule has 1 heterocycles. The summed E-state index contributed by atoms with van der Waals surface area (Å²) in [5.74, 6) is 2.66. The Morgan fingerprint density at radius 1 is 1.64 bits per heavy atom. The Morgan fingerprint density at radius 3 is 2.82 bits per heavy atom. The Hall–Kier alpha value is 0.130. The predicted molar refractivity (Wildman–Crippen MR) is 40.5 cm³/mol.